The molecule has 0 radical (unpaired) electrons. The van der Waals surface area contributed by atoms with E-state index < -0.39 is 0 Å². The van der Waals surface area contributed by atoms with Crippen LogP contribution in [0, 0.1) is 0 Å². The van der Waals surface area contributed by atoms with Gasteiger partial charge in [-0.1, -0.05) is 36.4 Å². The quantitative estimate of drug-likeness (QED) is 0.910. The van der Waals surface area contributed by atoms with Crippen molar-refractivity contribution in [1.29, 1.82) is 0 Å². The Labute approximate surface area is 124 Å². The van der Waals surface area contributed by atoms with Crippen LogP contribution in [0.1, 0.15) is 35.2 Å². The van der Waals surface area contributed by atoms with Gasteiger partial charge in [-0.15, -0.1) is 0 Å². The first kappa shape index (κ1) is 13.6. The molecule has 0 saturated carbocycles. The summed E-state index contributed by atoms with van der Waals surface area (Å²) >= 11 is 0. The fourth-order valence-electron chi connectivity index (χ4n) is 2.76. The topological polar surface area (TPSA) is 41.5 Å². The molecule has 0 saturated heterocycles. The Morgan fingerprint density at radius 3 is 2.62 bits per heavy atom. The second-order valence-electron chi connectivity index (χ2n) is 5.28. The number of fused-ring (bicyclic) bond motifs is 1. The van der Waals surface area contributed by atoms with Gasteiger partial charge in [-0.05, 0) is 37.1 Å². The van der Waals surface area contributed by atoms with Crippen molar-refractivity contribution in [3.8, 4) is 0 Å². The zero-order chi connectivity index (χ0) is 14.7. The van der Waals surface area contributed by atoms with E-state index in [2.05, 4.69) is 23.3 Å². The van der Waals surface area contributed by atoms with Crippen molar-refractivity contribution < 1.29 is 4.79 Å². The first-order chi connectivity index (χ1) is 10.3. The summed E-state index contributed by atoms with van der Waals surface area (Å²) in [5.74, 6) is 0.300. The highest BCUT2D eigenvalue weighted by Gasteiger charge is 2.23. The summed E-state index contributed by atoms with van der Waals surface area (Å²) in [6.45, 7) is 2.71. The number of rotatable bonds is 4. The highest BCUT2D eigenvalue weighted by atomic mass is 16.1. The van der Waals surface area contributed by atoms with Gasteiger partial charge in [0.25, 0.3) is 5.91 Å². The molecule has 0 bridgehead atoms. The molecule has 0 fully saturated rings. The van der Waals surface area contributed by atoms with Crippen molar-refractivity contribution in [1.82, 2.24) is 5.32 Å². The number of carbonyl (C=O) groups excluding carboxylic acids is 1. The van der Waals surface area contributed by atoms with E-state index in [0.29, 0.717) is 18.0 Å². The average Bonchev–Trinajstić information content (AvgIpc) is 2.84. The van der Waals surface area contributed by atoms with E-state index in [1.165, 1.54) is 5.56 Å². The number of amides is 1. The molecule has 21 heavy (non-hydrogen) atoms. The summed E-state index contributed by atoms with van der Waals surface area (Å²) in [5.41, 5.74) is 4.17. The van der Waals surface area contributed by atoms with Crippen molar-refractivity contribution in [3.05, 3.63) is 65.7 Å². The van der Waals surface area contributed by atoms with E-state index in [9.17, 15) is 4.79 Å². The number of nitrogens with zero attached hydrogens (tertiary/aromatic N) is 1. The molecule has 1 aliphatic heterocycles. The van der Waals surface area contributed by atoms with Crippen LogP contribution in [0.3, 0.4) is 0 Å². The Bertz CT molecular complexity index is 677. The molecule has 1 heterocycles. The fraction of sp³-hybridized carbons (Fsp3) is 0.222. The monoisotopic (exact) mass is 278 g/mol. The highest BCUT2D eigenvalue weighted by Crippen LogP contribution is 2.36. The fourth-order valence-corrected chi connectivity index (χ4v) is 2.76. The zero-order valence-electron chi connectivity index (χ0n) is 12.0. The normalized spacial score (nSPS) is 16.2. The van der Waals surface area contributed by atoms with E-state index in [4.69, 9.17) is 0 Å². The Hall–Kier alpha value is -2.42. The van der Waals surface area contributed by atoms with Gasteiger partial charge in [0.2, 0.25) is 0 Å². The van der Waals surface area contributed by atoms with Gasteiger partial charge in [-0.2, -0.15) is 0 Å². The van der Waals surface area contributed by atoms with Gasteiger partial charge in [0, 0.05) is 23.7 Å². The lowest BCUT2D eigenvalue weighted by Crippen LogP contribution is -2.26. The van der Waals surface area contributed by atoms with E-state index in [-0.39, 0.29) is 5.91 Å². The van der Waals surface area contributed by atoms with Crippen LogP contribution in [-0.2, 0) is 0 Å². The summed E-state index contributed by atoms with van der Waals surface area (Å²) in [6, 6.07) is 17.5. The minimum Gasteiger partial charge on any atom is -0.352 e. The smallest absolute Gasteiger partial charge is 0.251 e. The number of aliphatic imine (C=N–C) groups is 1. The summed E-state index contributed by atoms with van der Waals surface area (Å²) in [6.07, 6.45) is 0.880. The summed E-state index contributed by atoms with van der Waals surface area (Å²) in [4.78, 5) is 16.6. The molecular weight excluding hydrogens is 260 g/mol. The minimum atomic E-state index is -0.0172. The Balaban J connectivity index is 1.59. The van der Waals surface area contributed by atoms with Crippen molar-refractivity contribution >= 4 is 17.3 Å². The molecule has 2 aromatic rings. The number of para-hydroxylation sites is 1. The highest BCUT2D eigenvalue weighted by molar-refractivity contribution is 5.96. The second-order valence-corrected chi connectivity index (χ2v) is 5.28. The van der Waals surface area contributed by atoms with Crippen LogP contribution in [0.2, 0.25) is 0 Å². The third kappa shape index (κ3) is 2.87. The lowest BCUT2D eigenvalue weighted by atomic mass is 9.93. The molecule has 1 aliphatic rings. The summed E-state index contributed by atoms with van der Waals surface area (Å²) in [5, 5.41) is 2.98. The summed E-state index contributed by atoms with van der Waals surface area (Å²) in [7, 11) is 0. The number of carbonyl (C=O) groups is 1. The van der Waals surface area contributed by atoms with Gasteiger partial charge < -0.3 is 5.32 Å². The third-order valence-corrected chi connectivity index (χ3v) is 3.87. The van der Waals surface area contributed by atoms with E-state index in [1.807, 2.05) is 48.5 Å². The first-order valence-corrected chi connectivity index (χ1v) is 7.23. The van der Waals surface area contributed by atoms with E-state index >= 15 is 0 Å². The van der Waals surface area contributed by atoms with Crippen LogP contribution in [0.5, 0.6) is 0 Å². The predicted molar refractivity (Wildman–Crippen MR) is 85.3 cm³/mol. The van der Waals surface area contributed by atoms with E-state index in [1.54, 1.807) is 0 Å². The minimum absolute atomic E-state index is 0.0172. The third-order valence-electron chi connectivity index (χ3n) is 3.87. The molecule has 3 nitrogen and oxygen atoms in total. The molecule has 2 aromatic carbocycles. The van der Waals surface area contributed by atoms with Gasteiger partial charge in [0.1, 0.15) is 0 Å². The molecule has 1 unspecified atom stereocenters. The van der Waals surface area contributed by atoms with E-state index in [0.717, 1.165) is 17.8 Å². The molecule has 0 aromatic heterocycles. The van der Waals surface area contributed by atoms with Crippen LogP contribution in [0.4, 0.5) is 5.69 Å². The molecule has 1 amide bonds. The summed E-state index contributed by atoms with van der Waals surface area (Å²) < 4.78 is 0. The largest absolute Gasteiger partial charge is 0.352 e. The predicted octanol–water partition coefficient (Wildman–Crippen LogP) is 3.70. The number of benzene rings is 2. The first-order valence-electron chi connectivity index (χ1n) is 7.23. The molecule has 0 aliphatic carbocycles. The van der Waals surface area contributed by atoms with Gasteiger partial charge in [-0.3, -0.25) is 9.79 Å². The maximum Gasteiger partial charge on any atom is 0.251 e. The Morgan fingerprint density at radius 1 is 1.10 bits per heavy atom. The zero-order valence-corrected chi connectivity index (χ0v) is 12.0. The molecule has 0 spiro atoms. The van der Waals surface area contributed by atoms with Crippen molar-refractivity contribution in [2.75, 3.05) is 6.54 Å². The maximum atomic E-state index is 12.0. The van der Waals surface area contributed by atoms with Gasteiger partial charge in [-0.25, -0.2) is 0 Å². The van der Waals surface area contributed by atoms with Crippen molar-refractivity contribution in [2.24, 2.45) is 4.99 Å². The van der Waals surface area contributed by atoms with Crippen LogP contribution < -0.4 is 5.32 Å². The Kier molecular flexibility index (Phi) is 3.82. The molecule has 3 heteroatoms. The van der Waals surface area contributed by atoms with Crippen LogP contribution in [0.25, 0.3) is 0 Å². The van der Waals surface area contributed by atoms with Gasteiger partial charge >= 0.3 is 0 Å². The standard InChI is InChI=1S/C18H18N2O/c1-13-15(16-9-5-6-10-17(16)20-13)11-12-19-18(21)14-7-3-2-4-8-14/h2-10,15H,11-12H2,1H3,(H,19,21). The van der Waals surface area contributed by atoms with Gasteiger partial charge in [0.15, 0.2) is 0 Å². The molecule has 1 N–H and O–H groups in total. The van der Waals surface area contributed by atoms with Crippen molar-refractivity contribution in [3.63, 3.8) is 0 Å². The molecule has 106 valence electrons. The lowest BCUT2D eigenvalue weighted by Gasteiger charge is -2.13. The SMILES string of the molecule is CC1=Nc2ccccc2C1CCNC(=O)c1ccccc1. The van der Waals surface area contributed by atoms with Crippen LogP contribution in [-0.4, -0.2) is 18.2 Å². The maximum absolute atomic E-state index is 12.0. The Morgan fingerprint density at radius 2 is 1.81 bits per heavy atom. The van der Waals surface area contributed by atoms with Gasteiger partial charge in [0.05, 0.1) is 5.69 Å². The number of nitrogens with one attached hydrogen (secondary N) is 1. The second kappa shape index (κ2) is 5.92. The number of hydrogen-bond acceptors (Lipinski definition) is 2. The number of hydrogen-bond donors (Lipinski definition) is 1. The van der Waals surface area contributed by atoms with Crippen LogP contribution in [0.15, 0.2) is 59.6 Å². The van der Waals surface area contributed by atoms with Crippen LogP contribution >= 0.6 is 0 Å². The lowest BCUT2D eigenvalue weighted by molar-refractivity contribution is 0.0953. The molecule has 1 atom stereocenters. The van der Waals surface area contributed by atoms with Crippen molar-refractivity contribution in [2.45, 2.75) is 19.3 Å². The average molecular weight is 278 g/mol. The molecular formula is C18H18N2O. The molecule has 3 rings (SSSR count).